The molecule has 0 nitrogen and oxygen atoms in total. The maximum Gasteiger partial charge on any atom is 0.358 e. The number of hydrogen-bond acceptors (Lipinski definition) is 0. The van der Waals surface area contributed by atoms with Crippen molar-refractivity contribution in [3.8, 4) is 0 Å². The van der Waals surface area contributed by atoms with Gasteiger partial charge in [-0.3, -0.25) is 0 Å². The molecule has 0 aromatic carbocycles. The topological polar surface area (TPSA) is 0 Å². The Bertz CT molecular complexity index is 512. The standard InChI is InChI=1S/C5H10Cl14Si7/c6-20(7,4-23(12,13)25(16,17)18)5-24(14,15)26(19)21(8,9)2-1-3-22(26,10)11/h1-5H2. The van der Waals surface area contributed by atoms with Crippen molar-refractivity contribution >= 4 is 198 Å². The molecular weight excluding hydrogens is 753 g/mol. The summed E-state index contributed by atoms with van der Waals surface area (Å²) in [6.45, 7) is -3.26. The second-order valence-electron chi connectivity index (χ2n) is 6.04. The van der Waals surface area contributed by atoms with E-state index in [-0.39, 0.29) is 11.3 Å². The Hall–Kier alpha value is 5.58. The molecule has 156 valence electrons. The van der Waals surface area contributed by atoms with Crippen LogP contribution in [0.15, 0.2) is 0 Å². The molecule has 26 heavy (non-hydrogen) atoms. The normalized spacial score (nSPS) is 23.8. The second kappa shape index (κ2) is 9.68. The van der Waals surface area contributed by atoms with Crippen LogP contribution in [0.3, 0.4) is 0 Å². The maximum atomic E-state index is 7.03. The zero-order chi connectivity index (χ0) is 21.0. The first-order valence-corrected chi connectivity index (χ1v) is 40.2. The minimum absolute atomic E-state index is 0.00760. The molecule has 21 heteroatoms. The zero-order valence-corrected chi connectivity index (χ0v) is 29.9. The summed E-state index contributed by atoms with van der Waals surface area (Å²) in [5.41, 5.74) is -3.43. The zero-order valence-electron chi connectivity index (χ0n) is 12.3. The highest BCUT2D eigenvalue weighted by molar-refractivity contribution is 8.25. The van der Waals surface area contributed by atoms with Crippen molar-refractivity contribution in [2.24, 2.45) is 0 Å². The van der Waals surface area contributed by atoms with Crippen LogP contribution in [-0.4, -0.2) is 43.0 Å². The third kappa shape index (κ3) is 6.37. The molecule has 1 rings (SSSR count). The van der Waals surface area contributed by atoms with E-state index in [2.05, 4.69) is 0 Å². The van der Waals surface area contributed by atoms with Gasteiger partial charge in [0.1, 0.15) is 0 Å². The summed E-state index contributed by atoms with van der Waals surface area (Å²) in [5, 5.41) is 0. The van der Waals surface area contributed by atoms with Crippen LogP contribution in [0.1, 0.15) is 6.42 Å². The molecule has 1 fully saturated rings. The number of rotatable bonds is 6. The van der Waals surface area contributed by atoms with Gasteiger partial charge in [0.05, 0.1) is 0 Å². The van der Waals surface area contributed by atoms with Crippen molar-refractivity contribution in [3.63, 3.8) is 0 Å². The van der Waals surface area contributed by atoms with Crippen molar-refractivity contribution in [2.45, 2.75) is 29.8 Å². The highest BCUT2D eigenvalue weighted by atomic mass is 35.9. The van der Waals surface area contributed by atoms with Gasteiger partial charge in [0.15, 0.2) is 0 Å². The predicted molar refractivity (Wildman–Crippen MR) is 146 cm³/mol. The van der Waals surface area contributed by atoms with Crippen LogP contribution in [0.5, 0.6) is 0 Å². The lowest BCUT2D eigenvalue weighted by Gasteiger charge is -2.49. The minimum atomic E-state index is -3.46. The molecule has 0 amide bonds. The van der Waals surface area contributed by atoms with Gasteiger partial charge < -0.3 is 0 Å². The van der Waals surface area contributed by atoms with E-state index in [1.807, 2.05) is 0 Å². The average molecular weight is 763 g/mol. The molecule has 0 unspecified atom stereocenters. The highest BCUT2D eigenvalue weighted by Crippen LogP contribution is 2.59. The fourth-order valence-electron chi connectivity index (χ4n) is 2.61. The molecule has 1 aliphatic rings. The summed E-state index contributed by atoms with van der Waals surface area (Å²) in [6, 6.07) is 1.05. The van der Waals surface area contributed by atoms with Crippen LogP contribution in [-0.2, 0) is 0 Å². The van der Waals surface area contributed by atoms with Crippen LogP contribution in [0, 0.1) is 0 Å². The molecule has 0 saturated carbocycles. The lowest BCUT2D eigenvalue weighted by atomic mass is 10.6. The van der Waals surface area contributed by atoms with Gasteiger partial charge in [0.25, 0.3) is 31.5 Å². The Morgan fingerprint density at radius 2 is 1.00 bits per heavy atom. The lowest BCUT2D eigenvalue weighted by molar-refractivity contribution is 1.05. The average Bonchev–Trinajstić information content (AvgIpc) is 2.30. The van der Waals surface area contributed by atoms with E-state index in [1.54, 1.807) is 0 Å². The lowest BCUT2D eigenvalue weighted by Crippen LogP contribution is -2.79. The molecule has 0 aliphatic carbocycles. The van der Waals surface area contributed by atoms with Crippen molar-refractivity contribution in [3.05, 3.63) is 0 Å². The highest BCUT2D eigenvalue weighted by Gasteiger charge is 2.79. The SMILES string of the molecule is Cl[Si](Cl)(C[Si](Cl)(Cl)[Si](Cl)(Cl)Cl)C[Si](Cl)(Cl)[Si]1(Cl)[Si](Cl)(Cl)CCC[Si]1(Cl)Cl. The Labute approximate surface area is 224 Å². The van der Waals surface area contributed by atoms with Gasteiger partial charge in [-0.2, -0.15) is 11.1 Å². The first kappa shape index (κ1) is 29.6. The Balaban J connectivity index is 3.24. The monoisotopic (exact) mass is 755 g/mol. The summed E-state index contributed by atoms with van der Waals surface area (Å²) in [7, 11) is 0. The summed E-state index contributed by atoms with van der Waals surface area (Å²) in [6.07, 6.45) is -12.3. The summed E-state index contributed by atoms with van der Waals surface area (Å²) < 4.78 is 0. The third-order valence-electron chi connectivity index (χ3n) is 3.87. The van der Waals surface area contributed by atoms with Crippen molar-refractivity contribution < 1.29 is 0 Å². The van der Waals surface area contributed by atoms with Gasteiger partial charge in [-0.05, 0) is 23.4 Å². The fraction of sp³-hybridized carbons (Fsp3) is 1.00. The van der Waals surface area contributed by atoms with E-state index in [9.17, 15) is 0 Å². The van der Waals surface area contributed by atoms with Gasteiger partial charge in [0, 0.05) is 0 Å². The molecule has 0 aromatic heterocycles. The molecule has 0 N–H and O–H groups in total. The van der Waals surface area contributed by atoms with Crippen molar-refractivity contribution in [2.75, 3.05) is 0 Å². The number of halogens is 14. The fourth-order valence-corrected chi connectivity index (χ4v) is 159. The third-order valence-corrected chi connectivity index (χ3v) is 134. The van der Waals surface area contributed by atoms with E-state index < -0.39 is 43.0 Å². The van der Waals surface area contributed by atoms with E-state index in [1.165, 1.54) is 0 Å². The molecule has 0 atom stereocenters. The molecule has 1 aliphatic heterocycles. The quantitative estimate of drug-likeness (QED) is 0.187. The number of hydrogen-bond donors (Lipinski definition) is 0. The van der Waals surface area contributed by atoms with Gasteiger partial charge in [-0.15, -0.1) is 144 Å². The van der Waals surface area contributed by atoms with Crippen molar-refractivity contribution in [1.29, 1.82) is 0 Å². The molecule has 1 saturated heterocycles. The van der Waals surface area contributed by atoms with E-state index in [0.717, 1.165) is 0 Å². The van der Waals surface area contributed by atoms with Crippen LogP contribution in [0.4, 0.5) is 0 Å². The first-order chi connectivity index (χ1) is 11.1. The van der Waals surface area contributed by atoms with Crippen LogP contribution in [0.25, 0.3) is 0 Å². The molecule has 1 heterocycles. The van der Waals surface area contributed by atoms with Gasteiger partial charge >= 0.3 is 5.52 Å². The van der Waals surface area contributed by atoms with Crippen LogP contribution >= 0.6 is 155 Å². The molecule has 0 spiro atoms. The Kier molecular flexibility index (Phi) is 11.0. The van der Waals surface area contributed by atoms with Gasteiger partial charge in [-0.1, -0.05) is 6.42 Å². The van der Waals surface area contributed by atoms with E-state index in [0.29, 0.717) is 18.5 Å². The molecule has 0 aromatic rings. The molecule has 0 radical (unpaired) electrons. The van der Waals surface area contributed by atoms with Crippen molar-refractivity contribution in [1.82, 2.24) is 0 Å². The van der Waals surface area contributed by atoms with E-state index >= 15 is 0 Å². The van der Waals surface area contributed by atoms with E-state index in [4.69, 9.17) is 155 Å². The van der Waals surface area contributed by atoms with Gasteiger partial charge in [-0.25, -0.2) is 0 Å². The Morgan fingerprint density at radius 1 is 0.615 bits per heavy atom. The Morgan fingerprint density at radius 3 is 1.35 bits per heavy atom. The molecule has 0 bridgehead atoms. The van der Waals surface area contributed by atoms with Crippen LogP contribution in [0.2, 0.25) is 23.4 Å². The molecular formula is C5H10Cl14Si7. The summed E-state index contributed by atoms with van der Waals surface area (Å²) in [4.78, 5) is 0. The second-order valence-corrected chi connectivity index (χ2v) is 87.9. The summed E-state index contributed by atoms with van der Waals surface area (Å²) in [5.74, 6) is -3.36. The minimum Gasteiger partial charge on any atom is -0.168 e. The smallest absolute Gasteiger partial charge is 0.168 e. The summed E-state index contributed by atoms with van der Waals surface area (Å²) >= 11 is 91.2. The predicted octanol–water partition coefficient (Wildman–Crippen LogP) is 9.22. The first-order valence-electron chi connectivity index (χ1n) is 6.77. The van der Waals surface area contributed by atoms with Gasteiger partial charge in [0.2, 0.25) is 5.94 Å². The largest absolute Gasteiger partial charge is 0.358 e. The maximum absolute atomic E-state index is 7.03. The van der Waals surface area contributed by atoms with Crippen LogP contribution < -0.4 is 0 Å².